The van der Waals surface area contributed by atoms with Gasteiger partial charge in [-0.15, -0.1) is 0 Å². The first-order valence-electron chi connectivity index (χ1n) is 5.81. The van der Waals surface area contributed by atoms with E-state index < -0.39 is 0 Å². The molecule has 0 aliphatic carbocycles. The molecule has 1 N–H and O–H groups in total. The Bertz CT molecular complexity index is 732. The van der Waals surface area contributed by atoms with E-state index in [1.807, 2.05) is 31.2 Å². The Labute approximate surface area is 125 Å². The summed E-state index contributed by atoms with van der Waals surface area (Å²) in [5.74, 6) is 0.736. The van der Waals surface area contributed by atoms with E-state index in [2.05, 4.69) is 25.1 Å². The summed E-state index contributed by atoms with van der Waals surface area (Å²) in [6.07, 6.45) is 1.37. The minimum atomic E-state index is 0.283. The van der Waals surface area contributed by atoms with Crippen molar-refractivity contribution < 1.29 is 0 Å². The molecule has 0 amide bonds. The maximum absolute atomic E-state index is 6.26. The molecule has 2 aromatic heterocycles. The number of aromatic amines is 1. The van der Waals surface area contributed by atoms with E-state index in [9.17, 15) is 0 Å². The van der Waals surface area contributed by atoms with Gasteiger partial charge in [-0.2, -0.15) is 5.10 Å². The Hall–Kier alpha value is -1.98. The Morgan fingerprint density at radius 2 is 1.75 bits per heavy atom. The van der Waals surface area contributed by atoms with Gasteiger partial charge in [-0.05, 0) is 18.1 Å². The van der Waals surface area contributed by atoms with Gasteiger partial charge in [0.2, 0.25) is 0 Å². The van der Waals surface area contributed by atoms with Crippen LogP contribution in [0, 0.1) is 6.92 Å². The quantitative estimate of drug-likeness (QED) is 0.735. The molecule has 0 saturated carbocycles. The van der Waals surface area contributed by atoms with Crippen molar-refractivity contribution in [2.75, 3.05) is 0 Å². The van der Waals surface area contributed by atoms with E-state index >= 15 is 0 Å². The number of aryl methyl sites for hydroxylation is 1. The molecule has 0 spiro atoms. The van der Waals surface area contributed by atoms with E-state index in [1.54, 1.807) is 0 Å². The average Bonchev–Trinajstić information content (AvgIpc) is 2.94. The summed E-state index contributed by atoms with van der Waals surface area (Å²) in [5.41, 5.74) is 2.58. The molecule has 0 unspecified atom stereocenters. The lowest BCUT2D eigenvalue weighted by molar-refractivity contribution is 1.06. The van der Waals surface area contributed by atoms with Crippen molar-refractivity contribution in [1.29, 1.82) is 0 Å². The van der Waals surface area contributed by atoms with E-state index in [0.29, 0.717) is 17.2 Å². The minimum absolute atomic E-state index is 0.283. The highest BCUT2D eigenvalue weighted by atomic mass is 35.5. The molecule has 20 heavy (non-hydrogen) atoms. The van der Waals surface area contributed by atoms with Crippen molar-refractivity contribution in [1.82, 2.24) is 25.1 Å². The zero-order valence-electron chi connectivity index (χ0n) is 10.4. The second kappa shape index (κ2) is 5.19. The van der Waals surface area contributed by atoms with Crippen molar-refractivity contribution in [3.63, 3.8) is 0 Å². The number of rotatable bonds is 2. The van der Waals surface area contributed by atoms with E-state index in [1.165, 1.54) is 6.33 Å². The van der Waals surface area contributed by atoms with Crippen molar-refractivity contribution in [2.24, 2.45) is 0 Å². The maximum Gasteiger partial charge on any atom is 0.200 e. The number of aromatic nitrogens is 5. The summed E-state index contributed by atoms with van der Waals surface area (Å²) in [4.78, 5) is 12.4. The molecule has 0 fully saturated rings. The Balaban J connectivity index is 2.17. The number of nitrogens with one attached hydrogen (secondary N) is 1. The topological polar surface area (TPSA) is 67.3 Å². The predicted molar refractivity (Wildman–Crippen MR) is 77.6 cm³/mol. The number of H-pyrrole nitrogens is 1. The summed E-state index contributed by atoms with van der Waals surface area (Å²) in [7, 11) is 0. The predicted octanol–water partition coefficient (Wildman–Crippen LogP) is 3.54. The van der Waals surface area contributed by atoms with Crippen LogP contribution in [0.25, 0.3) is 22.8 Å². The third-order valence-corrected chi connectivity index (χ3v) is 3.41. The van der Waals surface area contributed by atoms with Gasteiger partial charge in [-0.3, -0.25) is 5.10 Å². The number of nitrogens with zero attached hydrogens (tertiary/aromatic N) is 4. The lowest BCUT2D eigenvalue weighted by atomic mass is 10.0. The number of hydrogen-bond donors (Lipinski definition) is 1. The Morgan fingerprint density at radius 3 is 2.35 bits per heavy atom. The average molecular weight is 306 g/mol. The summed E-state index contributed by atoms with van der Waals surface area (Å²) >= 11 is 12.5. The van der Waals surface area contributed by atoms with Crippen LogP contribution in [0.1, 0.15) is 5.56 Å². The fourth-order valence-electron chi connectivity index (χ4n) is 1.90. The minimum Gasteiger partial charge on any atom is -0.257 e. The van der Waals surface area contributed by atoms with Crippen LogP contribution < -0.4 is 0 Å². The summed E-state index contributed by atoms with van der Waals surface area (Å²) in [6, 6.07) is 7.77. The fraction of sp³-hybridized carbons (Fsp3) is 0.0769. The van der Waals surface area contributed by atoms with Gasteiger partial charge in [0.1, 0.15) is 16.6 Å². The van der Waals surface area contributed by atoms with Crippen molar-refractivity contribution in [3.05, 3.63) is 46.5 Å². The molecule has 1 aromatic carbocycles. The van der Waals surface area contributed by atoms with Gasteiger partial charge in [0.05, 0.1) is 5.56 Å². The van der Waals surface area contributed by atoms with E-state index in [0.717, 1.165) is 11.1 Å². The third-order valence-electron chi connectivity index (χ3n) is 2.86. The molecule has 0 saturated heterocycles. The maximum atomic E-state index is 6.26. The number of hydrogen-bond acceptors (Lipinski definition) is 4. The van der Waals surface area contributed by atoms with Crippen molar-refractivity contribution in [3.8, 4) is 22.8 Å². The molecular formula is C13H9Cl2N5. The second-order valence-corrected chi connectivity index (χ2v) is 4.87. The fourth-order valence-corrected chi connectivity index (χ4v) is 2.49. The van der Waals surface area contributed by atoms with Gasteiger partial charge in [0, 0.05) is 0 Å². The lowest BCUT2D eigenvalue weighted by Crippen LogP contribution is -1.97. The molecule has 3 rings (SSSR count). The molecule has 0 bridgehead atoms. The Morgan fingerprint density at radius 1 is 1.05 bits per heavy atom. The van der Waals surface area contributed by atoms with E-state index in [4.69, 9.17) is 23.2 Å². The van der Waals surface area contributed by atoms with Gasteiger partial charge in [0.25, 0.3) is 0 Å². The highest BCUT2D eigenvalue weighted by Crippen LogP contribution is 2.35. The first-order valence-corrected chi connectivity index (χ1v) is 6.57. The molecular weight excluding hydrogens is 297 g/mol. The van der Waals surface area contributed by atoms with Crippen LogP contribution in [0.15, 0.2) is 30.6 Å². The normalized spacial score (nSPS) is 10.8. The van der Waals surface area contributed by atoms with Crippen LogP contribution in [0.2, 0.25) is 10.3 Å². The first kappa shape index (κ1) is 13.0. The zero-order valence-corrected chi connectivity index (χ0v) is 11.9. The lowest BCUT2D eigenvalue weighted by Gasteiger charge is -2.09. The van der Waals surface area contributed by atoms with E-state index in [-0.39, 0.29) is 10.3 Å². The molecule has 5 nitrogen and oxygen atoms in total. The number of benzene rings is 1. The van der Waals surface area contributed by atoms with Crippen LogP contribution in [-0.2, 0) is 0 Å². The molecule has 0 aliphatic rings. The SMILES string of the molecule is Cc1ccccc1-c1c(Cl)nc(-c2ncn[nH]2)nc1Cl. The van der Waals surface area contributed by atoms with Crippen LogP contribution in [0.3, 0.4) is 0 Å². The Kier molecular flexibility index (Phi) is 3.38. The molecule has 7 heteroatoms. The molecule has 0 aliphatic heterocycles. The third kappa shape index (κ3) is 2.26. The van der Waals surface area contributed by atoms with Crippen molar-refractivity contribution in [2.45, 2.75) is 6.92 Å². The van der Waals surface area contributed by atoms with Crippen LogP contribution in [0.4, 0.5) is 0 Å². The summed E-state index contributed by atoms with van der Waals surface area (Å²) in [6.45, 7) is 1.98. The smallest absolute Gasteiger partial charge is 0.200 e. The van der Waals surface area contributed by atoms with Crippen LogP contribution >= 0.6 is 23.2 Å². The molecule has 0 radical (unpaired) electrons. The zero-order chi connectivity index (χ0) is 14.1. The van der Waals surface area contributed by atoms with Crippen LogP contribution in [0.5, 0.6) is 0 Å². The monoisotopic (exact) mass is 305 g/mol. The first-order chi connectivity index (χ1) is 9.66. The molecule has 100 valence electrons. The highest BCUT2D eigenvalue weighted by molar-refractivity contribution is 6.37. The van der Waals surface area contributed by atoms with Crippen LogP contribution in [-0.4, -0.2) is 25.1 Å². The molecule has 2 heterocycles. The van der Waals surface area contributed by atoms with Gasteiger partial charge in [-0.25, -0.2) is 15.0 Å². The summed E-state index contributed by atoms with van der Waals surface area (Å²) < 4.78 is 0. The van der Waals surface area contributed by atoms with Crippen molar-refractivity contribution >= 4 is 23.2 Å². The number of halogens is 2. The summed E-state index contributed by atoms with van der Waals surface area (Å²) in [5, 5.41) is 6.99. The van der Waals surface area contributed by atoms with Gasteiger partial charge >= 0.3 is 0 Å². The standard InChI is InChI=1S/C13H9Cl2N5/c1-7-4-2-3-5-8(7)9-10(14)18-13(19-11(9)15)12-16-6-17-20-12/h2-6H,1H3,(H,16,17,20). The highest BCUT2D eigenvalue weighted by Gasteiger charge is 2.16. The molecule has 0 atom stereocenters. The molecule has 3 aromatic rings. The van der Waals surface area contributed by atoms with Gasteiger partial charge in [-0.1, -0.05) is 47.5 Å². The second-order valence-electron chi connectivity index (χ2n) is 4.15. The van der Waals surface area contributed by atoms with Gasteiger partial charge < -0.3 is 0 Å². The largest absolute Gasteiger partial charge is 0.257 e. The van der Waals surface area contributed by atoms with Gasteiger partial charge in [0.15, 0.2) is 11.6 Å².